The minimum absolute atomic E-state index is 0.328. The minimum atomic E-state index is -0.515. The third-order valence-electron chi connectivity index (χ3n) is 2.42. The van der Waals surface area contributed by atoms with Crippen molar-refractivity contribution in [3.05, 3.63) is 17.8 Å². The van der Waals surface area contributed by atoms with Crippen molar-refractivity contribution in [2.75, 3.05) is 5.73 Å². The molecular weight excluding hydrogens is 222 g/mol. The molecule has 1 unspecified atom stereocenters. The number of pyridine rings is 1. The molecular formula is C11H17N3OS. The zero-order chi connectivity index (χ0) is 12.3. The van der Waals surface area contributed by atoms with Crippen molar-refractivity contribution < 1.29 is 4.79 Å². The van der Waals surface area contributed by atoms with Crippen molar-refractivity contribution in [2.24, 2.45) is 11.7 Å². The highest BCUT2D eigenvalue weighted by Gasteiger charge is 2.12. The molecule has 0 bridgehead atoms. The van der Waals surface area contributed by atoms with Crippen LogP contribution in [0.3, 0.4) is 0 Å². The van der Waals surface area contributed by atoms with Crippen LogP contribution in [0.4, 0.5) is 5.69 Å². The quantitative estimate of drug-likeness (QED) is 0.786. The highest BCUT2D eigenvalue weighted by molar-refractivity contribution is 7.99. The van der Waals surface area contributed by atoms with Crippen LogP contribution in [0.25, 0.3) is 0 Å². The summed E-state index contributed by atoms with van der Waals surface area (Å²) in [7, 11) is 0. The average molecular weight is 239 g/mol. The Morgan fingerprint density at radius 2 is 2.06 bits per heavy atom. The molecule has 0 spiro atoms. The largest absolute Gasteiger partial charge is 0.397 e. The van der Waals surface area contributed by atoms with Gasteiger partial charge in [0.15, 0.2) is 0 Å². The van der Waals surface area contributed by atoms with Crippen molar-refractivity contribution in [1.29, 1.82) is 0 Å². The molecule has 0 aliphatic carbocycles. The van der Waals surface area contributed by atoms with E-state index in [9.17, 15) is 4.79 Å². The van der Waals surface area contributed by atoms with Crippen LogP contribution >= 0.6 is 11.8 Å². The number of hydrogen-bond donors (Lipinski definition) is 2. The lowest BCUT2D eigenvalue weighted by atomic mass is 10.2. The van der Waals surface area contributed by atoms with Gasteiger partial charge in [-0.3, -0.25) is 4.79 Å². The molecule has 1 rings (SSSR count). The highest BCUT2D eigenvalue weighted by Crippen LogP contribution is 2.27. The van der Waals surface area contributed by atoms with Crippen molar-refractivity contribution in [1.82, 2.24) is 4.98 Å². The van der Waals surface area contributed by atoms with Crippen LogP contribution in [-0.2, 0) is 0 Å². The van der Waals surface area contributed by atoms with Crippen LogP contribution in [0.15, 0.2) is 17.3 Å². The molecule has 0 aliphatic rings. The summed E-state index contributed by atoms with van der Waals surface area (Å²) in [6.45, 7) is 6.41. The van der Waals surface area contributed by atoms with Crippen molar-refractivity contribution in [3.8, 4) is 0 Å². The van der Waals surface area contributed by atoms with Crippen LogP contribution < -0.4 is 11.5 Å². The number of carbonyl (C=O) groups is 1. The summed E-state index contributed by atoms with van der Waals surface area (Å²) >= 11 is 1.62. The molecule has 1 heterocycles. The fourth-order valence-corrected chi connectivity index (χ4v) is 2.00. The van der Waals surface area contributed by atoms with E-state index in [-0.39, 0.29) is 0 Å². The molecule has 4 nitrogen and oxygen atoms in total. The fraction of sp³-hybridized carbons (Fsp3) is 0.455. The third-order valence-corrected chi connectivity index (χ3v) is 3.80. The second-order valence-electron chi connectivity index (χ2n) is 4.04. The number of aromatic nitrogens is 1. The lowest BCUT2D eigenvalue weighted by molar-refractivity contribution is 0.100. The van der Waals surface area contributed by atoms with Crippen LogP contribution in [0, 0.1) is 5.92 Å². The molecule has 1 aromatic rings. The number of thioether (sulfide) groups is 1. The molecule has 1 aromatic heterocycles. The van der Waals surface area contributed by atoms with Gasteiger partial charge in [-0.15, -0.1) is 11.8 Å². The molecule has 4 N–H and O–H groups in total. The first kappa shape index (κ1) is 12.8. The summed E-state index contributed by atoms with van der Waals surface area (Å²) in [5.74, 6) is 0.0281. The van der Waals surface area contributed by atoms with Crippen molar-refractivity contribution >= 4 is 23.4 Å². The normalized spacial score (nSPS) is 12.8. The molecule has 0 saturated carbocycles. The highest BCUT2D eigenvalue weighted by atomic mass is 32.2. The Morgan fingerprint density at radius 3 is 2.56 bits per heavy atom. The Hall–Kier alpha value is -1.23. The monoisotopic (exact) mass is 239 g/mol. The Balaban J connectivity index is 2.91. The van der Waals surface area contributed by atoms with Gasteiger partial charge in [0.1, 0.15) is 0 Å². The smallest absolute Gasteiger partial charge is 0.250 e. The first-order valence-electron chi connectivity index (χ1n) is 5.13. The number of primary amides is 1. The van der Waals surface area contributed by atoms with Crippen molar-refractivity contribution in [2.45, 2.75) is 31.0 Å². The molecule has 0 saturated heterocycles. The Morgan fingerprint density at radius 1 is 1.44 bits per heavy atom. The Bertz CT molecular complexity index is 393. The number of nitrogens with zero attached hydrogens (tertiary/aromatic N) is 1. The maximum Gasteiger partial charge on any atom is 0.250 e. The molecule has 0 fully saturated rings. The summed E-state index contributed by atoms with van der Waals surface area (Å²) in [5.41, 5.74) is 11.5. The molecule has 88 valence electrons. The van der Waals surface area contributed by atoms with E-state index in [4.69, 9.17) is 11.5 Å². The molecule has 0 aliphatic heterocycles. The van der Waals surface area contributed by atoms with Crippen LogP contribution in [-0.4, -0.2) is 16.1 Å². The molecule has 1 atom stereocenters. The van der Waals surface area contributed by atoms with E-state index in [2.05, 4.69) is 25.8 Å². The van der Waals surface area contributed by atoms with Crippen LogP contribution in [0.2, 0.25) is 0 Å². The maximum atomic E-state index is 11.1. The molecule has 0 radical (unpaired) electrons. The predicted molar refractivity (Wildman–Crippen MR) is 67.3 cm³/mol. The fourth-order valence-electron chi connectivity index (χ4n) is 1.05. The molecule has 0 aromatic carbocycles. The van der Waals surface area contributed by atoms with E-state index in [1.54, 1.807) is 17.8 Å². The average Bonchev–Trinajstić information content (AvgIpc) is 2.20. The van der Waals surface area contributed by atoms with Gasteiger partial charge < -0.3 is 11.5 Å². The molecule has 5 heteroatoms. The van der Waals surface area contributed by atoms with E-state index in [0.717, 1.165) is 5.03 Å². The van der Waals surface area contributed by atoms with E-state index >= 15 is 0 Å². The lowest BCUT2D eigenvalue weighted by Crippen LogP contribution is -2.14. The Kier molecular flexibility index (Phi) is 4.18. The van der Waals surface area contributed by atoms with Crippen LogP contribution in [0.1, 0.15) is 31.1 Å². The van der Waals surface area contributed by atoms with Crippen molar-refractivity contribution in [3.63, 3.8) is 0 Å². The van der Waals surface area contributed by atoms with Gasteiger partial charge >= 0.3 is 0 Å². The first-order valence-corrected chi connectivity index (χ1v) is 6.01. The van der Waals surface area contributed by atoms with E-state index in [1.807, 2.05) is 0 Å². The number of nitrogens with two attached hydrogens (primary N) is 2. The van der Waals surface area contributed by atoms with Crippen LogP contribution in [0.5, 0.6) is 0 Å². The van der Waals surface area contributed by atoms with E-state index < -0.39 is 5.91 Å². The predicted octanol–water partition coefficient (Wildman–Crippen LogP) is 1.90. The van der Waals surface area contributed by atoms with Gasteiger partial charge in [0.25, 0.3) is 5.91 Å². The summed E-state index contributed by atoms with van der Waals surface area (Å²) in [6, 6.07) is 1.65. The topological polar surface area (TPSA) is 82.0 Å². The maximum absolute atomic E-state index is 11.1. The van der Waals surface area contributed by atoms with Gasteiger partial charge in [-0.05, 0) is 12.0 Å². The van der Waals surface area contributed by atoms with E-state index in [1.165, 1.54) is 6.20 Å². The number of carbonyl (C=O) groups excluding carboxylic acids is 1. The minimum Gasteiger partial charge on any atom is -0.397 e. The summed E-state index contributed by atoms with van der Waals surface area (Å²) < 4.78 is 0. The van der Waals surface area contributed by atoms with Gasteiger partial charge in [-0.2, -0.15) is 0 Å². The van der Waals surface area contributed by atoms with Gasteiger partial charge in [0.2, 0.25) is 0 Å². The number of anilines is 1. The molecule has 16 heavy (non-hydrogen) atoms. The van der Waals surface area contributed by atoms with Gasteiger partial charge in [0.05, 0.1) is 22.5 Å². The van der Waals surface area contributed by atoms with Gasteiger partial charge in [-0.1, -0.05) is 20.8 Å². The molecule has 1 amide bonds. The zero-order valence-electron chi connectivity index (χ0n) is 9.73. The lowest BCUT2D eigenvalue weighted by Gasteiger charge is -2.14. The summed E-state index contributed by atoms with van der Waals surface area (Å²) in [6.07, 6.45) is 1.48. The Labute approximate surface area is 99.8 Å². The number of hydrogen-bond acceptors (Lipinski definition) is 4. The SMILES string of the molecule is CC(C)C(C)Sc1cc(C(N)=O)c(N)cn1. The number of rotatable bonds is 4. The number of amides is 1. The first-order chi connectivity index (χ1) is 7.41. The van der Waals surface area contributed by atoms with Gasteiger partial charge in [0, 0.05) is 5.25 Å². The van der Waals surface area contributed by atoms with E-state index in [0.29, 0.717) is 22.4 Å². The van der Waals surface area contributed by atoms with Gasteiger partial charge in [-0.25, -0.2) is 4.98 Å². The zero-order valence-corrected chi connectivity index (χ0v) is 10.5. The second kappa shape index (κ2) is 5.21. The second-order valence-corrected chi connectivity index (χ2v) is 5.44. The number of nitrogen functional groups attached to an aromatic ring is 1. The summed E-state index contributed by atoms with van der Waals surface area (Å²) in [4.78, 5) is 15.3. The third kappa shape index (κ3) is 3.13. The standard InChI is InChI=1S/C11H17N3OS/c1-6(2)7(3)16-10-4-8(11(13)15)9(12)5-14-10/h4-7H,12H2,1-3H3,(H2,13,15). The summed E-state index contributed by atoms with van der Waals surface area (Å²) in [5, 5.41) is 1.21.